The van der Waals surface area contributed by atoms with Crippen LogP contribution in [0.15, 0.2) is 53.3 Å². The number of rotatable bonds is 8. The molecular weight excluding hydrogens is 482 g/mol. The van der Waals surface area contributed by atoms with Crippen LogP contribution in [0.5, 0.6) is 11.5 Å². The van der Waals surface area contributed by atoms with Crippen LogP contribution < -0.4 is 19.9 Å². The Hall–Kier alpha value is -3.92. The molecule has 10 nitrogen and oxygen atoms in total. The van der Waals surface area contributed by atoms with Gasteiger partial charge < -0.3 is 19.4 Å². The Morgan fingerprint density at radius 3 is 2.34 bits per heavy atom. The van der Waals surface area contributed by atoms with Crippen molar-refractivity contribution in [3.8, 4) is 11.5 Å². The third-order valence-corrected chi connectivity index (χ3v) is 7.65. The molecule has 5 rings (SSSR count). The molecular formula is C28H35N7O3. The molecule has 0 saturated carbocycles. The lowest BCUT2D eigenvalue weighted by molar-refractivity contribution is 0.186. The van der Waals surface area contributed by atoms with Crippen molar-refractivity contribution in [1.82, 2.24) is 30.1 Å². The number of methoxy groups -OCH3 is 2. The molecule has 0 aliphatic carbocycles. The first-order valence-corrected chi connectivity index (χ1v) is 13.0. The second-order valence-corrected chi connectivity index (χ2v) is 10.2. The third kappa shape index (κ3) is 4.71. The zero-order valence-corrected chi connectivity index (χ0v) is 22.6. The van der Waals surface area contributed by atoms with Gasteiger partial charge >= 0.3 is 0 Å². The number of para-hydroxylation sites is 1. The SMILES string of the molecule is CCC(C)(C)n1nnnc1[C@H](c1cc2cc(OC)c(OC)cc2[nH]c1=O)N1CCN(c2ccccc2)CC1. The minimum atomic E-state index is -0.421. The molecule has 4 aromatic rings. The smallest absolute Gasteiger partial charge is 0.253 e. The van der Waals surface area contributed by atoms with Gasteiger partial charge in [-0.1, -0.05) is 25.1 Å². The van der Waals surface area contributed by atoms with E-state index in [1.165, 1.54) is 5.69 Å². The minimum Gasteiger partial charge on any atom is -0.493 e. The molecule has 200 valence electrons. The van der Waals surface area contributed by atoms with Gasteiger partial charge in [0.25, 0.3) is 5.56 Å². The molecule has 1 aliphatic heterocycles. The number of aromatic amines is 1. The largest absolute Gasteiger partial charge is 0.493 e. The van der Waals surface area contributed by atoms with Crippen LogP contribution in [0.2, 0.25) is 0 Å². The summed E-state index contributed by atoms with van der Waals surface area (Å²) >= 11 is 0. The highest BCUT2D eigenvalue weighted by molar-refractivity contribution is 5.83. The molecule has 0 unspecified atom stereocenters. The van der Waals surface area contributed by atoms with Crippen molar-refractivity contribution in [2.75, 3.05) is 45.3 Å². The van der Waals surface area contributed by atoms with Crippen LogP contribution in [-0.4, -0.2) is 70.5 Å². The molecule has 0 bridgehead atoms. The summed E-state index contributed by atoms with van der Waals surface area (Å²) in [6.45, 7) is 9.50. The Kier molecular flexibility index (Phi) is 7.07. The van der Waals surface area contributed by atoms with E-state index in [0.29, 0.717) is 28.4 Å². The van der Waals surface area contributed by atoms with Crippen molar-refractivity contribution in [3.05, 3.63) is 70.3 Å². The second-order valence-electron chi connectivity index (χ2n) is 10.2. The second kappa shape index (κ2) is 10.4. The van der Waals surface area contributed by atoms with Gasteiger partial charge in [-0.2, -0.15) is 0 Å². The highest BCUT2D eigenvalue weighted by Crippen LogP contribution is 2.35. The van der Waals surface area contributed by atoms with Gasteiger partial charge in [0, 0.05) is 48.9 Å². The van der Waals surface area contributed by atoms with Crippen molar-refractivity contribution in [2.45, 2.75) is 38.8 Å². The molecule has 10 heteroatoms. The Balaban J connectivity index is 1.60. The number of hydrogen-bond acceptors (Lipinski definition) is 8. The normalized spacial score (nSPS) is 15.6. The van der Waals surface area contributed by atoms with Gasteiger partial charge in [0.05, 0.1) is 25.3 Å². The summed E-state index contributed by atoms with van der Waals surface area (Å²) in [6, 6.07) is 15.6. The number of pyridine rings is 1. The Morgan fingerprint density at radius 2 is 1.68 bits per heavy atom. The Morgan fingerprint density at radius 1 is 1.00 bits per heavy atom. The summed E-state index contributed by atoms with van der Waals surface area (Å²) in [5.41, 5.74) is 1.98. The molecule has 0 amide bonds. The quantitative estimate of drug-likeness (QED) is 0.378. The number of nitrogens with zero attached hydrogens (tertiary/aromatic N) is 6. The summed E-state index contributed by atoms with van der Waals surface area (Å²) < 4.78 is 12.8. The van der Waals surface area contributed by atoms with Gasteiger partial charge in [-0.3, -0.25) is 9.69 Å². The molecule has 2 aromatic heterocycles. The number of benzene rings is 2. The summed E-state index contributed by atoms with van der Waals surface area (Å²) in [4.78, 5) is 21.4. The van der Waals surface area contributed by atoms with E-state index in [-0.39, 0.29) is 11.1 Å². The molecule has 1 fully saturated rings. The molecule has 38 heavy (non-hydrogen) atoms. The first-order valence-electron chi connectivity index (χ1n) is 13.0. The first kappa shape index (κ1) is 25.7. The number of anilines is 1. The first-order chi connectivity index (χ1) is 18.4. The summed E-state index contributed by atoms with van der Waals surface area (Å²) in [7, 11) is 3.18. The van der Waals surface area contributed by atoms with Crippen LogP contribution in [0.1, 0.15) is 44.6 Å². The fourth-order valence-electron chi connectivity index (χ4n) is 5.07. The minimum absolute atomic E-state index is 0.177. The predicted octanol–water partition coefficient (Wildman–Crippen LogP) is 3.59. The monoisotopic (exact) mass is 517 g/mol. The zero-order chi connectivity index (χ0) is 26.9. The van der Waals surface area contributed by atoms with E-state index in [0.717, 1.165) is 38.0 Å². The summed E-state index contributed by atoms with van der Waals surface area (Å²) in [5, 5.41) is 13.8. The number of piperazine rings is 1. The predicted molar refractivity (Wildman–Crippen MR) is 147 cm³/mol. The lowest BCUT2D eigenvalue weighted by Crippen LogP contribution is -2.49. The number of aromatic nitrogens is 5. The van der Waals surface area contributed by atoms with Crippen LogP contribution >= 0.6 is 0 Å². The van der Waals surface area contributed by atoms with E-state index in [1.807, 2.05) is 22.9 Å². The molecule has 1 saturated heterocycles. The van der Waals surface area contributed by atoms with Crippen LogP contribution in [0.3, 0.4) is 0 Å². The summed E-state index contributed by atoms with van der Waals surface area (Å²) in [5.74, 6) is 1.82. The lowest BCUT2D eigenvalue weighted by Gasteiger charge is -2.40. The maximum Gasteiger partial charge on any atom is 0.253 e. The van der Waals surface area contributed by atoms with Gasteiger partial charge in [0.15, 0.2) is 17.3 Å². The van der Waals surface area contributed by atoms with Gasteiger partial charge in [-0.05, 0) is 55.0 Å². The number of hydrogen-bond donors (Lipinski definition) is 1. The average molecular weight is 518 g/mol. The van der Waals surface area contributed by atoms with E-state index >= 15 is 0 Å². The van der Waals surface area contributed by atoms with Crippen LogP contribution in [-0.2, 0) is 5.54 Å². The van der Waals surface area contributed by atoms with Crippen molar-refractivity contribution in [3.63, 3.8) is 0 Å². The maximum absolute atomic E-state index is 13.6. The Bertz CT molecular complexity index is 1460. The van der Waals surface area contributed by atoms with Gasteiger partial charge in [-0.15, -0.1) is 5.10 Å². The van der Waals surface area contributed by atoms with E-state index in [4.69, 9.17) is 9.47 Å². The zero-order valence-electron chi connectivity index (χ0n) is 22.6. The van der Waals surface area contributed by atoms with Crippen LogP contribution in [0.25, 0.3) is 10.9 Å². The van der Waals surface area contributed by atoms with Crippen molar-refractivity contribution in [2.24, 2.45) is 0 Å². The highest BCUT2D eigenvalue weighted by atomic mass is 16.5. The van der Waals surface area contributed by atoms with E-state index in [9.17, 15) is 4.79 Å². The van der Waals surface area contributed by atoms with Crippen LogP contribution in [0.4, 0.5) is 5.69 Å². The lowest BCUT2D eigenvalue weighted by atomic mass is 9.98. The number of nitrogens with one attached hydrogen (secondary N) is 1. The number of tetrazole rings is 1. The van der Waals surface area contributed by atoms with E-state index in [1.54, 1.807) is 20.3 Å². The topological polar surface area (TPSA) is 101 Å². The molecule has 1 atom stereocenters. The average Bonchev–Trinajstić information content (AvgIpc) is 3.44. The van der Waals surface area contributed by atoms with Gasteiger partial charge in [-0.25, -0.2) is 4.68 Å². The van der Waals surface area contributed by atoms with Crippen molar-refractivity contribution in [1.29, 1.82) is 0 Å². The maximum atomic E-state index is 13.6. The molecule has 0 radical (unpaired) electrons. The summed E-state index contributed by atoms with van der Waals surface area (Å²) in [6.07, 6.45) is 0.838. The standard InChI is InChI=1S/C28H35N7O3/c1-6-28(2,3)35-26(30-31-32-35)25(34-14-12-33(13-15-34)20-10-8-7-9-11-20)21-16-19-17-23(37-4)24(38-5)18-22(19)29-27(21)36/h7-11,16-18,25H,6,12-15H2,1-5H3,(H,29,36)/t25-/m0/s1. The van der Waals surface area contributed by atoms with Gasteiger partial charge in [0.1, 0.15) is 6.04 Å². The van der Waals surface area contributed by atoms with Crippen molar-refractivity contribution >= 4 is 16.6 Å². The highest BCUT2D eigenvalue weighted by Gasteiger charge is 2.35. The third-order valence-electron chi connectivity index (χ3n) is 7.65. The molecule has 2 aromatic carbocycles. The van der Waals surface area contributed by atoms with Gasteiger partial charge in [0.2, 0.25) is 0 Å². The number of ether oxygens (including phenoxy) is 2. The molecule has 1 N–H and O–H groups in total. The number of H-pyrrole nitrogens is 1. The van der Waals surface area contributed by atoms with E-state index < -0.39 is 6.04 Å². The molecule has 3 heterocycles. The molecule has 0 spiro atoms. The fourth-order valence-corrected chi connectivity index (χ4v) is 5.07. The fraction of sp³-hybridized carbons (Fsp3) is 0.429. The van der Waals surface area contributed by atoms with Crippen LogP contribution in [0, 0.1) is 0 Å². The number of fused-ring (bicyclic) bond motifs is 1. The van der Waals surface area contributed by atoms with Crippen molar-refractivity contribution < 1.29 is 9.47 Å². The van der Waals surface area contributed by atoms with E-state index in [2.05, 4.69) is 75.3 Å². The Labute approximate surface area is 222 Å². The molecule has 1 aliphatic rings.